The van der Waals surface area contributed by atoms with Crippen LogP contribution >= 0.6 is 27.5 Å². The Kier molecular flexibility index (Phi) is 8.95. The minimum absolute atomic E-state index is 0.232. The molecule has 7 nitrogen and oxygen atoms in total. The van der Waals surface area contributed by atoms with Gasteiger partial charge in [0.1, 0.15) is 0 Å². The van der Waals surface area contributed by atoms with Crippen molar-refractivity contribution in [2.75, 3.05) is 19.8 Å². The topological polar surface area (TPSA) is 86.2 Å². The van der Waals surface area contributed by atoms with Crippen molar-refractivity contribution in [3.63, 3.8) is 0 Å². The van der Waals surface area contributed by atoms with Crippen LogP contribution in [-0.2, 0) is 9.53 Å². The molecule has 0 saturated heterocycles. The normalized spacial score (nSPS) is 10.6. The van der Waals surface area contributed by atoms with Crippen molar-refractivity contribution in [3.05, 3.63) is 57.0 Å². The van der Waals surface area contributed by atoms with Gasteiger partial charge in [-0.1, -0.05) is 23.7 Å². The summed E-state index contributed by atoms with van der Waals surface area (Å²) in [6, 6.07) is 10.2. The Morgan fingerprint density at radius 1 is 1.17 bits per heavy atom. The molecule has 1 N–H and O–H groups in total. The summed E-state index contributed by atoms with van der Waals surface area (Å²) >= 11 is 9.60. The van der Waals surface area contributed by atoms with E-state index >= 15 is 0 Å². The van der Waals surface area contributed by atoms with Crippen molar-refractivity contribution in [2.24, 2.45) is 5.10 Å². The number of amides is 1. The van der Waals surface area contributed by atoms with E-state index in [2.05, 4.69) is 26.5 Å². The van der Waals surface area contributed by atoms with Crippen LogP contribution in [0.2, 0.25) is 5.02 Å². The van der Waals surface area contributed by atoms with Gasteiger partial charge < -0.3 is 14.2 Å². The summed E-state index contributed by atoms with van der Waals surface area (Å²) in [4.78, 5) is 23.7. The summed E-state index contributed by atoms with van der Waals surface area (Å²) in [7, 11) is 0. The average molecular weight is 484 g/mol. The highest BCUT2D eigenvalue weighted by atomic mass is 79.9. The highest BCUT2D eigenvalue weighted by Crippen LogP contribution is 2.36. The molecular weight excluding hydrogens is 464 g/mol. The van der Waals surface area contributed by atoms with Gasteiger partial charge in [-0.05, 0) is 59.6 Å². The van der Waals surface area contributed by atoms with Crippen LogP contribution in [0.1, 0.15) is 29.8 Å². The molecule has 0 aliphatic rings. The van der Waals surface area contributed by atoms with Gasteiger partial charge in [0.2, 0.25) is 0 Å². The lowest BCUT2D eigenvalue weighted by Crippen LogP contribution is -2.18. The summed E-state index contributed by atoms with van der Waals surface area (Å²) in [6.07, 6.45) is 1.43. The van der Waals surface area contributed by atoms with E-state index in [0.29, 0.717) is 28.0 Å². The maximum Gasteiger partial charge on any atom is 0.344 e. The summed E-state index contributed by atoms with van der Waals surface area (Å²) in [6.45, 7) is 3.85. The lowest BCUT2D eigenvalue weighted by atomic mass is 10.2. The summed E-state index contributed by atoms with van der Waals surface area (Å²) in [5.74, 6) is -0.287. The molecule has 0 aliphatic heterocycles. The Morgan fingerprint density at radius 2 is 1.93 bits per heavy atom. The Bertz CT molecular complexity index is 904. The number of esters is 1. The molecule has 29 heavy (non-hydrogen) atoms. The van der Waals surface area contributed by atoms with Crippen molar-refractivity contribution in [1.29, 1.82) is 0 Å². The third-order valence-electron chi connectivity index (χ3n) is 3.47. The van der Waals surface area contributed by atoms with Crippen molar-refractivity contribution in [1.82, 2.24) is 5.43 Å². The first-order valence-corrected chi connectivity index (χ1v) is 9.96. The predicted molar refractivity (Wildman–Crippen MR) is 114 cm³/mol. The van der Waals surface area contributed by atoms with Crippen molar-refractivity contribution in [3.8, 4) is 11.5 Å². The van der Waals surface area contributed by atoms with Crippen LogP contribution in [0.25, 0.3) is 0 Å². The molecule has 0 heterocycles. The van der Waals surface area contributed by atoms with Gasteiger partial charge in [0.25, 0.3) is 5.91 Å². The van der Waals surface area contributed by atoms with E-state index in [1.807, 2.05) is 13.0 Å². The van der Waals surface area contributed by atoms with Gasteiger partial charge in [0, 0.05) is 4.47 Å². The van der Waals surface area contributed by atoms with Crippen LogP contribution in [0.15, 0.2) is 46.0 Å². The van der Waals surface area contributed by atoms with Crippen LogP contribution in [0.5, 0.6) is 11.5 Å². The van der Waals surface area contributed by atoms with Gasteiger partial charge in [-0.2, -0.15) is 5.10 Å². The second kappa shape index (κ2) is 11.4. The fourth-order valence-electron chi connectivity index (χ4n) is 2.27. The molecule has 0 spiro atoms. The van der Waals surface area contributed by atoms with Gasteiger partial charge >= 0.3 is 5.97 Å². The SMILES string of the molecule is CCOC(=O)COc1c(Cl)cc(/C=N/NC(=O)c2ccccc2Br)cc1OCC. The molecule has 0 atom stereocenters. The monoisotopic (exact) mass is 482 g/mol. The average Bonchev–Trinajstić information content (AvgIpc) is 2.68. The first-order chi connectivity index (χ1) is 14.0. The number of hydrogen-bond donors (Lipinski definition) is 1. The number of nitrogens with one attached hydrogen (secondary N) is 1. The largest absolute Gasteiger partial charge is 0.490 e. The van der Waals surface area contributed by atoms with E-state index in [1.54, 1.807) is 37.3 Å². The minimum Gasteiger partial charge on any atom is -0.490 e. The number of nitrogens with zero attached hydrogens (tertiary/aromatic N) is 1. The van der Waals surface area contributed by atoms with Gasteiger partial charge in [0.15, 0.2) is 18.1 Å². The molecular formula is C20H20BrClN2O5. The van der Waals surface area contributed by atoms with Crippen molar-refractivity contribution >= 4 is 45.6 Å². The molecule has 0 aliphatic carbocycles. The van der Waals surface area contributed by atoms with E-state index in [-0.39, 0.29) is 29.9 Å². The molecule has 0 aromatic heterocycles. The van der Waals surface area contributed by atoms with E-state index in [1.165, 1.54) is 6.21 Å². The Morgan fingerprint density at radius 3 is 2.62 bits per heavy atom. The Hall–Kier alpha value is -2.58. The summed E-state index contributed by atoms with van der Waals surface area (Å²) in [5.41, 5.74) is 3.49. The standard InChI is InChI=1S/C20H20BrClN2O5/c1-3-27-17-10-13(9-16(22)19(17)29-12-18(25)28-4-2)11-23-24-20(26)14-7-5-6-8-15(14)21/h5-11H,3-4,12H2,1-2H3,(H,24,26)/b23-11+. The number of benzene rings is 2. The third kappa shape index (κ3) is 6.76. The molecule has 0 radical (unpaired) electrons. The molecule has 9 heteroatoms. The predicted octanol–water partition coefficient (Wildman–Crippen LogP) is 4.21. The molecule has 0 saturated carbocycles. The highest BCUT2D eigenvalue weighted by molar-refractivity contribution is 9.10. The second-order valence-electron chi connectivity index (χ2n) is 5.54. The summed E-state index contributed by atoms with van der Waals surface area (Å²) < 4.78 is 16.5. The molecule has 0 fully saturated rings. The van der Waals surface area contributed by atoms with E-state index in [9.17, 15) is 9.59 Å². The van der Waals surface area contributed by atoms with Crippen molar-refractivity contribution in [2.45, 2.75) is 13.8 Å². The minimum atomic E-state index is -0.508. The first-order valence-electron chi connectivity index (χ1n) is 8.78. The van der Waals surface area contributed by atoms with Gasteiger partial charge in [-0.25, -0.2) is 10.2 Å². The van der Waals surface area contributed by atoms with E-state index in [4.69, 9.17) is 25.8 Å². The lowest BCUT2D eigenvalue weighted by Gasteiger charge is -2.14. The maximum atomic E-state index is 12.2. The second-order valence-corrected chi connectivity index (χ2v) is 6.80. The Balaban J connectivity index is 2.12. The fourth-order valence-corrected chi connectivity index (χ4v) is 3.01. The summed E-state index contributed by atoms with van der Waals surface area (Å²) in [5, 5.41) is 4.19. The molecule has 0 unspecified atom stereocenters. The zero-order valence-corrected chi connectivity index (χ0v) is 18.2. The van der Waals surface area contributed by atoms with Gasteiger partial charge in [0.05, 0.1) is 30.0 Å². The van der Waals surface area contributed by atoms with Crippen LogP contribution in [-0.4, -0.2) is 37.9 Å². The molecule has 154 valence electrons. The number of carbonyl (C=O) groups excluding carboxylic acids is 2. The number of hydrazone groups is 1. The molecule has 1 amide bonds. The molecule has 2 aromatic rings. The highest BCUT2D eigenvalue weighted by Gasteiger charge is 2.14. The molecule has 2 aromatic carbocycles. The zero-order valence-electron chi connectivity index (χ0n) is 15.9. The molecule has 2 rings (SSSR count). The van der Waals surface area contributed by atoms with Crippen LogP contribution in [0.3, 0.4) is 0 Å². The third-order valence-corrected chi connectivity index (χ3v) is 4.44. The lowest BCUT2D eigenvalue weighted by molar-refractivity contribution is -0.145. The van der Waals surface area contributed by atoms with E-state index < -0.39 is 5.97 Å². The van der Waals surface area contributed by atoms with Crippen LogP contribution in [0.4, 0.5) is 0 Å². The smallest absolute Gasteiger partial charge is 0.344 e. The fraction of sp³-hybridized carbons (Fsp3) is 0.250. The first kappa shape index (κ1) is 22.7. The molecule has 0 bridgehead atoms. The quantitative estimate of drug-likeness (QED) is 0.328. The van der Waals surface area contributed by atoms with Crippen LogP contribution in [0, 0.1) is 0 Å². The zero-order chi connectivity index (χ0) is 21.2. The number of carbonyl (C=O) groups is 2. The van der Waals surface area contributed by atoms with Crippen molar-refractivity contribution < 1.29 is 23.8 Å². The maximum absolute atomic E-state index is 12.2. The Labute approximate surface area is 182 Å². The van der Waals surface area contributed by atoms with Gasteiger partial charge in [-0.3, -0.25) is 4.79 Å². The number of halogens is 2. The number of hydrogen-bond acceptors (Lipinski definition) is 6. The number of ether oxygens (including phenoxy) is 3. The number of rotatable bonds is 9. The van der Waals surface area contributed by atoms with Gasteiger partial charge in [-0.15, -0.1) is 0 Å². The van der Waals surface area contributed by atoms with E-state index in [0.717, 1.165) is 0 Å². The van der Waals surface area contributed by atoms with Crippen LogP contribution < -0.4 is 14.9 Å².